The van der Waals surface area contributed by atoms with Crippen LogP contribution in [0, 0.1) is 10.5 Å². The molecule has 0 aliphatic carbocycles. The molecule has 0 unspecified atom stereocenters. The van der Waals surface area contributed by atoms with E-state index in [9.17, 15) is 0 Å². The molecule has 21 heavy (non-hydrogen) atoms. The summed E-state index contributed by atoms with van der Waals surface area (Å²) in [4.78, 5) is 4.73. The first kappa shape index (κ1) is 15.1. The van der Waals surface area contributed by atoms with Crippen molar-refractivity contribution in [2.45, 2.75) is 13.3 Å². The van der Waals surface area contributed by atoms with Crippen LogP contribution in [0.25, 0.3) is 16.7 Å². The number of aryl methyl sites for hydroxylation is 2. The number of rotatable bonds is 3. The Morgan fingerprint density at radius 1 is 1.19 bits per heavy atom. The standard InChI is InChI=1S/C16H13Cl2IN2/c1-10-2-4-13-15(8-10)21(16(20-13)6-7-17)14-5-3-11(18)9-12(14)19/h2-5,8-9H,6-7H2,1H3. The highest BCUT2D eigenvalue weighted by molar-refractivity contribution is 14.1. The summed E-state index contributed by atoms with van der Waals surface area (Å²) in [6.07, 6.45) is 0.730. The fourth-order valence-electron chi connectivity index (χ4n) is 2.42. The molecule has 0 aliphatic heterocycles. The molecule has 1 aromatic heterocycles. The van der Waals surface area contributed by atoms with E-state index in [1.165, 1.54) is 5.56 Å². The zero-order valence-corrected chi connectivity index (χ0v) is 15.1. The van der Waals surface area contributed by atoms with E-state index in [1.807, 2.05) is 18.2 Å². The number of hydrogen-bond acceptors (Lipinski definition) is 1. The van der Waals surface area contributed by atoms with Gasteiger partial charge in [0.1, 0.15) is 5.82 Å². The molecule has 2 nitrogen and oxygen atoms in total. The molecule has 3 rings (SSSR count). The monoisotopic (exact) mass is 430 g/mol. The van der Waals surface area contributed by atoms with Crippen molar-refractivity contribution in [1.29, 1.82) is 0 Å². The third-order valence-corrected chi connectivity index (χ3v) is 4.64. The molecule has 0 saturated carbocycles. The van der Waals surface area contributed by atoms with E-state index >= 15 is 0 Å². The Kier molecular flexibility index (Phi) is 4.43. The minimum absolute atomic E-state index is 0.548. The van der Waals surface area contributed by atoms with Crippen LogP contribution in [0.3, 0.4) is 0 Å². The molecule has 0 fully saturated rings. The van der Waals surface area contributed by atoms with Crippen LogP contribution in [0.4, 0.5) is 0 Å². The maximum Gasteiger partial charge on any atom is 0.115 e. The topological polar surface area (TPSA) is 17.8 Å². The highest BCUT2D eigenvalue weighted by Gasteiger charge is 2.14. The van der Waals surface area contributed by atoms with E-state index in [-0.39, 0.29) is 0 Å². The second-order valence-corrected chi connectivity index (χ2v) is 6.87. The van der Waals surface area contributed by atoms with Gasteiger partial charge in [-0.2, -0.15) is 0 Å². The van der Waals surface area contributed by atoms with Gasteiger partial charge in [-0.1, -0.05) is 17.7 Å². The summed E-state index contributed by atoms with van der Waals surface area (Å²) < 4.78 is 3.28. The van der Waals surface area contributed by atoms with Crippen LogP contribution in [0.15, 0.2) is 36.4 Å². The predicted molar refractivity (Wildman–Crippen MR) is 98.0 cm³/mol. The van der Waals surface area contributed by atoms with Gasteiger partial charge in [-0.25, -0.2) is 4.98 Å². The summed E-state index contributed by atoms with van der Waals surface area (Å²) in [6.45, 7) is 2.09. The van der Waals surface area contributed by atoms with E-state index in [0.717, 1.165) is 37.6 Å². The van der Waals surface area contributed by atoms with Crippen LogP contribution in [0.2, 0.25) is 5.02 Å². The number of halogens is 3. The Morgan fingerprint density at radius 2 is 2.00 bits per heavy atom. The Morgan fingerprint density at radius 3 is 2.71 bits per heavy atom. The van der Waals surface area contributed by atoms with Crippen LogP contribution in [0.5, 0.6) is 0 Å². The Labute approximate surface area is 147 Å². The average Bonchev–Trinajstić information content (AvgIpc) is 2.77. The number of aromatic nitrogens is 2. The summed E-state index contributed by atoms with van der Waals surface area (Å²) in [5.74, 6) is 1.53. The van der Waals surface area contributed by atoms with Crippen molar-refractivity contribution in [3.8, 4) is 5.69 Å². The fourth-order valence-corrected chi connectivity index (χ4v) is 3.70. The summed E-state index contributed by atoms with van der Waals surface area (Å²) in [7, 11) is 0. The first-order chi connectivity index (χ1) is 10.1. The van der Waals surface area contributed by atoms with E-state index in [1.54, 1.807) is 0 Å². The van der Waals surface area contributed by atoms with Crippen LogP contribution >= 0.6 is 45.8 Å². The zero-order valence-electron chi connectivity index (χ0n) is 11.4. The smallest absolute Gasteiger partial charge is 0.115 e. The van der Waals surface area contributed by atoms with Gasteiger partial charge in [-0.05, 0) is 65.4 Å². The maximum absolute atomic E-state index is 6.07. The lowest BCUT2D eigenvalue weighted by atomic mass is 10.2. The molecule has 0 aliphatic rings. The molecule has 0 spiro atoms. The number of benzene rings is 2. The van der Waals surface area contributed by atoms with Gasteiger partial charge in [-0.15, -0.1) is 11.6 Å². The van der Waals surface area contributed by atoms with Gasteiger partial charge in [0.05, 0.1) is 16.7 Å². The molecule has 108 valence electrons. The van der Waals surface area contributed by atoms with Gasteiger partial charge in [0.25, 0.3) is 0 Å². The lowest BCUT2D eigenvalue weighted by molar-refractivity contribution is 0.909. The number of fused-ring (bicyclic) bond motifs is 1. The molecule has 3 aromatic rings. The average molecular weight is 431 g/mol. The van der Waals surface area contributed by atoms with Gasteiger partial charge >= 0.3 is 0 Å². The van der Waals surface area contributed by atoms with Gasteiger partial charge in [0.2, 0.25) is 0 Å². The Hall–Kier alpha value is -0.780. The maximum atomic E-state index is 6.07. The van der Waals surface area contributed by atoms with E-state index in [4.69, 9.17) is 28.2 Å². The van der Waals surface area contributed by atoms with Crippen molar-refractivity contribution >= 4 is 56.8 Å². The van der Waals surface area contributed by atoms with E-state index in [0.29, 0.717) is 5.88 Å². The molecule has 5 heteroatoms. The van der Waals surface area contributed by atoms with Crippen molar-refractivity contribution < 1.29 is 0 Å². The summed E-state index contributed by atoms with van der Waals surface area (Å²) >= 11 is 14.3. The molecule has 2 aromatic carbocycles. The molecular formula is C16H13Cl2IN2. The van der Waals surface area contributed by atoms with Crippen molar-refractivity contribution in [2.24, 2.45) is 0 Å². The van der Waals surface area contributed by atoms with Crippen molar-refractivity contribution in [2.75, 3.05) is 5.88 Å². The predicted octanol–water partition coefficient (Wildman–Crippen LogP) is 5.37. The number of alkyl halides is 1. The zero-order chi connectivity index (χ0) is 15.0. The number of hydrogen-bond donors (Lipinski definition) is 0. The molecule has 0 N–H and O–H groups in total. The third-order valence-electron chi connectivity index (χ3n) is 3.35. The largest absolute Gasteiger partial charge is 0.295 e. The van der Waals surface area contributed by atoms with Crippen LogP contribution in [-0.4, -0.2) is 15.4 Å². The molecule has 0 radical (unpaired) electrons. The molecule has 1 heterocycles. The second-order valence-electron chi connectivity index (χ2n) is 4.89. The minimum atomic E-state index is 0.548. The van der Waals surface area contributed by atoms with Gasteiger partial charge < -0.3 is 0 Å². The minimum Gasteiger partial charge on any atom is -0.295 e. The van der Waals surface area contributed by atoms with Gasteiger partial charge in [0, 0.05) is 20.9 Å². The van der Waals surface area contributed by atoms with Crippen molar-refractivity contribution in [1.82, 2.24) is 9.55 Å². The quantitative estimate of drug-likeness (QED) is 0.403. The highest BCUT2D eigenvalue weighted by Crippen LogP contribution is 2.28. The van der Waals surface area contributed by atoms with Crippen LogP contribution in [0.1, 0.15) is 11.4 Å². The highest BCUT2D eigenvalue weighted by atomic mass is 127. The SMILES string of the molecule is Cc1ccc2nc(CCCl)n(-c3ccc(Cl)cc3I)c2c1. The van der Waals surface area contributed by atoms with Gasteiger partial charge in [-0.3, -0.25) is 4.57 Å². The third kappa shape index (κ3) is 2.91. The Balaban J connectivity index is 2.32. The molecular weight excluding hydrogens is 418 g/mol. The summed E-state index contributed by atoms with van der Waals surface area (Å²) in [5, 5.41) is 0.739. The van der Waals surface area contributed by atoms with Crippen molar-refractivity contribution in [3.63, 3.8) is 0 Å². The summed E-state index contributed by atoms with van der Waals surface area (Å²) in [6, 6.07) is 12.2. The van der Waals surface area contributed by atoms with Crippen LogP contribution in [-0.2, 0) is 6.42 Å². The Bertz CT molecular complexity index is 811. The van der Waals surface area contributed by atoms with E-state index in [2.05, 4.69) is 52.3 Å². The number of imidazole rings is 1. The van der Waals surface area contributed by atoms with Gasteiger partial charge in [0.15, 0.2) is 0 Å². The number of nitrogens with zero attached hydrogens (tertiary/aromatic N) is 2. The molecule has 0 atom stereocenters. The first-order valence-electron chi connectivity index (χ1n) is 6.59. The molecule has 0 bridgehead atoms. The lowest BCUT2D eigenvalue weighted by Crippen LogP contribution is -2.04. The first-order valence-corrected chi connectivity index (χ1v) is 8.58. The lowest BCUT2D eigenvalue weighted by Gasteiger charge is -2.11. The fraction of sp³-hybridized carbons (Fsp3) is 0.188. The van der Waals surface area contributed by atoms with E-state index < -0.39 is 0 Å². The van der Waals surface area contributed by atoms with Crippen molar-refractivity contribution in [3.05, 3.63) is 56.4 Å². The van der Waals surface area contributed by atoms with Crippen LogP contribution < -0.4 is 0 Å². The summed E-state index contributed by atoms with van der Waals surface area (Å²) in [5.41, 5.74) is 4.40. The second kappa shape index (κ2) is 6.15. The molecule has 0 amide bonds. The normalized spacial score (nSPS) is 11.2. The molecule has 0 saturated heterocycles.